The Morgan fingerprint density at radius 3 is 2.46 bits per heavy atom. The normalized spacial score (nSPS) is 17.6. The van der Waals surface area contributed by atoms with Crippen molar-refractivity contribution in [3.8, 4) is 16.9 Å². The molecule has 0 bridgehead atoms. The summed E-state index contributed by atoms with van der Waals surface area (Å²) in [5.41, 5.74) is 2.81. The summed E-state index contributed by atoms with van der Waals surface area (Å²) in [6.07, 6.45) is 1.68. The smallest absolute Gasteiger partial charge is 0.222 e. The number of aliphatic hydroxyl groups is 6. The molecule has 0 aliphatic heterocycles. The van der Waals surface area contributed by atoms with Gasteiger partial charge in [0.2, 0.25) is 5.91 Å². The zero-order valence-electron chi connectivity index (χ0n) is 29.7. The predicted octanol–water partition coefficient (Wildman–Crippen LogP) is 4.30. The predicted molar refractivity (Wildman–Crippen MR) is 199 cm³/mol. The van der Waals surface area contributed by atoms with E-state index in [1.54, 1.807) is 31.8 Å². The number of ether oxygens (including phenoxy) is 2. The quantitative estimate of drug-likeness (QED) is 0.0676. The summed E-state index contributed by atoms with van der Waals surface area (Å²) in [4.78, 5) is 20.1. The first-order chi connectivity index (χ1) is 24.9. The summed E-state index contributed by atoms with van der Waals surface area (Å²) in [6.45, 7) is 2.60. The molecule has 2 aliphatic carbocycles. The van der Waals surface area contributed by atoms with Crippen LogP contribution in [0.2, 0.25) is 5.02 Å². The summed E-state index contributed by atoms with van der Waals surface area (Å²) in [5, 5.41) is 60.1. The lowest BCUT2D eigenvalue weighted by Crippen LogP contribution is -2.52. The SMILES string of the molecule is CC(C)(CO)CN(CC(O)C(O)C(O)C(O)CO)C(=O)CCCSc1ccc(Cl)c(COC2(c3cnccc3-c3ccccc3OC3CC3)CC2)c1. The Kier molecular flexibility index (Phi) is 14.0. The van der Waals surface area contributed by atoms with Crippen molar-refractivity contribution in [2.24, 2.45) is 5.41 Å². The molecule has 1 heterocycles. The molecule has 0 saturated heterocycles. The first kappa shape index (κ1) is 40.4. The topological polar surface area (TPSA) is 173 Å². The number of benzene rings is 2. The van der Waals surface area contributed by atoms with E-state index in [-0.39, 0.29) is 38.1 Å². The number of amides is 1. The molecule has 284 valence electrons. The number of hydrogen-bond acceptors (Lipinski definition) is 11. The number of carbonyl (C=O) groups is 1. The number of hydrogen-bond donors (Lipinski definition) is 6. The second-order valence-electron chi connectivity index (χ2n) is 14.6. The average Bonchev–Trinajstić information content (AvgIpc) is 4.10. The molecule has 11 nitrogen and oxygen atoms in total. The third-order valence-electron chi connectivity index (χ3n) is 9.47. The van der Waals surface area contributed by atoms with Crippen LogP contribution in [-0.4, -0.2) is 109 Å². The molecule has 1 aromatic heterocycles. The summed E-state index contributed by atoms with van der Waals surface area (Å²) in [6, 6.07) is 15.9. The fraction of sp³-hybridized carbons (Fsp3) is 0.538. The number of halogens is 1. The van der Waals surface area contributed by atoms with Gasteiger partial charge in [0.15, 0.2) is 0 Å². The average molecular weight is 759 g/mol. The van der Waals surface area contributed by atoms with Gasteiger partial charge in [0.25, 0.3) is 0 Å². The Morgan fingerprint density at radius 1 is 1.04 bits per heavy atom. The molecule has 1 amide bonds. The van der Waals surface area contributed by atoms with Crippen molar-refractivity contribution in [1.82, 2.24) is 9.88 Å². The summed E-state index contributed by atoms with van der Waals surface area (Å²) in [5.74, 6) is 1.20. The van der Waals surface area contributed by atoms with E-state index in [4.69, 9.17) is 26.2 Å². The van der Waals surface area contributed by atoms with Gasteiger partial charge in [-0.1, -0.05) is 43.6 Å². The van der Waals surface area contributed by atoms with Crippen molar-refractivity contribution in [3.05, 3.63) is 77.1 Å². The number of aliphatic hydroxyl groups excluding tert-OH is 6. The van der Waals surface area contributed by atoms with Gasteiger partial charge in [-0.3, -0.25) is 9.78 Å². The minimum atomic E-state index is -1.80. The third kappa shape index (κ3) is 10.7. The van der Waals surface area contributed by atoms with Gasteiger partial charge < -0.3 is 45.0 Å². The molecule has 5 rings (SSSR count). The van der Waals surface area contributed by atoms with E-state index in [9.17, 15) is 30.3 Å². The Balaban J connectivity index is 1.18. The highest BCUT2D eigenvalue weighted by molar-refractivity contribution is 7.99. The molecule has 4 atom stereocenters. The second-order valence-corrected chi connectivity index (χ2v) is 16.2. The van der Waals surface area contributed by atoms with Gasteiger partial charge in [-0.25, -0.2) is 0 Å². The molecule has 13 heteroatoms. The molecule has 0 radical (unpaired) electrons. The molecule has 6 N–H and O–H groups in total. The zero-order chi connectivity index (χ0) is 37.5. The minimum Gasteiger partial charge on any atom is -0.490 e. The zero-order valence-corrected chi connectivity index (χ0v) is 31.3. The third-order valence-corrected chi connectivity index (χ3v) is 10.9. The van der Waals surface area contributed by atoms with Gasteiger partial charge in [0.05, 0.1) is 24.9 Å². The Hall–Kier alpha value is -2.78. The summed E-state index contributed by atoms with van der Waals surface area (Å²) >= 11 is 8.22. The Morgan fingerprint density at radius 2 is 1.77 bits per heavy atom. The van der Waals surface area contributed by atoms with Gasteiger partial charge >= 0.3 is 0 Å². The van der Waals surface area contributed by atoms with Crippen molar-refractivity contribution in [2.75, 3.05) is 32.1 Å². The minimum absolute atomic E-state index is 0.0984. The molecule has 2 saturated carbocycles. The standard InChI is InChI=1S/C39H51ClN2O9S/c1-38(2,24-44)23-42(20-32(45)36(48)37(49)33(46)21-43)35(47)8-5-17-52-27-11-12-31(40)25(18-27)22-50-39(14-15-39)30-19-41-16-13-28(30)29-6-3-4-7-34(29)51-26-9-10-26/h3-4,6-7,11-13,16,18-19,26,32-33,36-37,43-46,48-49H,5,8-10,14-15,17,20-24H2,1-2H3. The molecule has 2 fully saturated rings. The van der Waals surface area contributed by atoms with Crippen molar-refractivity contribution in [3.63, 3.8) is 0 Å². The van der Waals surface area contributed by atoms with E-state index >= 15 is 0 Å². The molecule has 4 unspecified atom stereocenters. The number of rotatable bonds is 21. The van der Waals surface area contributed by atoms with Crippen molar-refractivity contribution in [2.45, 2.75) is 100.0 Å². The fourth-order valence-corrected chi connectivity index (χ4v) is 7.10. The number of pyridine rings is 1. The van der Waals surface area contributed by atoms with Gasteiger partial charge in [-0.05, 0) is 79.3 Å². The first-order valence-corrected chi connectivity index (χ1v) is 19.2. The molecular weight excluding hydrogens is 708 g/mol. The summed E-state index contributed by atoms with van der Waals surface area (Å²) < 4.78 is 12.9. The van der Waals surface area contributed by atoms with Crippen molar-refractivity contribution in [1.29, 1.82) is 0 Å². The molecular formula is C39H51ClN2O9S. The number of carbonyl (C=O) groups excluding carboxylic acids is 1. The van der Waals surface area contributed by atoms with Gasteiger partial charge in [-0.2, -0.15) is 0 Å². The van der Waals surface area contributed by atoms with Crippen LogP contribution in [0.1, 0.15) is 63.5 Å². The maximum atomic E-state index is 13.3. The Bertz CT molecular complexity index is 1640. The highest BCUT2D eigenvalue weighted by Crippen LogP contribution is 2.53. The lowest BCUT2D eigenvalue weighted by Gasteiger charge is -2.35. The molecule has 3 aromatic rings. The molecule has 2 aliphatic rings. The first-order valence-electron chi connectivity index (χ1n) is 17.8. The monoisotopic (exact) mass is 758 g/mol. The van der Waals surface area contributed by atoms with E-state index < -0.39 is 42.0 Å². The van der Waals surface area contributed by atoms with Crippen LogP contribution in [0.15, 0.2) is 65.8 Å². The summed E-state index contributed by atoms with van der Waals surface area (Å²) in [7, 11) is 0. The van der Waals surface area contributed by atoms with Crippen LogP contribution in [0, 0.1) is 5.41 Å². The Labute approximate surface area is 314 Å². The van der Waals surface area contributed by atoms with Crippen molar-refractivity contribution < 1.29 is 44.9 Å². The molecule has 52 heavy (non-hydrogen) atoms. The van der Waals surface area contributed by atoms with Crippen LogP contribution in [0.5, 0.6) is 5.75 Å². The molecule has 0 spiro atoms. The fourth-order valence-electron chi connectivity index (χ4n) is 6.01. The van der Waals surface area contributed by atoms with Crippen LogP contribution in [0.4, 0.5) is 0 Å². The van der Waals surface area contributed by atoms with E-state index in [0.717, 1.165) is 58.6 Å². The lowest BCUT2D eigenvalue weighted by atomic mass is 9.93. The van der Waals surface area contributed by atoms with Crippen LogP contribution in [0.3, 0.4) is 0 Å². The number of para-hydroxylation sites is 1. The molecule has 2 aromatic carbocycles. The van der Waals surface area contributed by atoms with Crippen LogP contribution < -0.4 is 4.74 Å². The van der Waals surface area contributed by atoms with E-state index in [0.29, 0.717) is 23.8 Å². The second kappa shape index (κ2) is 18.0. The van der Waals surface area contributed by atoms with Crippen molar-refractivity contribution >= 4 is 29.3 Å². The van der Waals surface area contributed by atoms with Crippen LogP contribution >= 0.6 is 23.4 Å². The van der Waals surface area contributed by atoms with Crippen LogP contribution in [-0.2, 0) is 21.7 Å². The van der Waals surface area contributed by atoms with Gasteiger partial charge in [0, 0.05) is 65.0 Å². The highest BCUT2D eigenvalue weighted by atomic mass is 35.5. The largest absolute Gasteiger partial charge is 0.490 e. The lowest BCUT2D eigenvalue weighted by molar-refractivity contribution is -0.142. The number of thioether (sulfide) groups is 1. The number of aromatic nitrogens is 1. The number of nitrogens with zero attached hydrogens (tertiary/aromatic N) is 2. The maximum Gasteiger partial charge on any atom is 0.222 e. The van der Waals surface area contributed by atoms with E-state index in [2.05, 4.69) is 11.1 Å². The maximum absolute atomic E-state index is 13.3. The van der Waals surface area contributed by atoms with E-state index in [1.165, 1.54) is 4.90 Å². The highest BCUT2D eigenvalue weighted by Gasteiger charge is 2.48. The van der Waals surface area contributed by atoms with E-state index in [1.807, 2.05) is 48.7 Å². The van der Waals surface area contributed by atoms with Crippen LogP contribution in [0.25, 0.3) is 11.1 Å². The van der Waals surface area contributed by atoms with Gasteiger partial charge in [0.1, 0.15) is 30.2 Å². The van der Waals surface area contributed by atoms with Gasteiger partial charge in [-0.15, -0.1) is 11.8 Å².